The van der Waals surface area contributed by atoms with Crippen molar-refractivity contribution in [1.29, 1.82) is 0 Å². The molecular formula is C16H19ClN2O. The van der Waals surface area contributed by atoms with E-state index in [0.29, 0.717) is 5.88 Å². The first-order valence-electron chi connectivity index (χ1n) is 7.02. The van der Waals surface area contributed by atoms with Crippen LogP contribution in [-0.2, 0) is 10.6 Å². The zero-order valence-corrected chi connectivity index (χ0v) is 12.6. The van der Waals surface area contributed by atoms with E-state index in [-0.39, 0.29) is 12.2 Å². The second-order valence-electron chi connectivity index (χ2n) is 5.46. The molecule has 3 rings (SSSR count). The zero-order valence-electron chi connectivity index (χ0n) is 11.8. The van der Waals surface area contributed by atoms with Crippen LogP contribution in [0.25, 0.3) is 10.9 Å². The summed E-state index contributed by atoms with van der Waals surface area (Å²) in [5.41, 5.74) is 2.11. The molecule has 0 N–H and O–H groups in total. The Balaban J connectivity index is 2.04. The highest BCUT2D eigenvalue weighted by atomic mass is 35.5. The molecule has 1 fully saturated rings. The van der Waals surface area contributed by atoms with Gasteiger partial charge in [0.2, 0.25) is 0 Å². The first kappa shape index (κ1) is 13.7. The number of anilines is 1. The Morgan fingerprint density at radius 1 is 1.25 bits per heavy atom. The van der Waals surface area contributed by atoms with Gasteiger partial charge in [-0.3, -0.25) is 0 Å². The summed E-state index contributed by atoms with van der Waals surface area (Å²) in [5, 5.41) is 1.14. The molecule has 1 aromatic carbocycles. The summed E-state index contributed by atoms with van der Waals surface area (Å²) in [6, 6.07) is 10.3. The number of alkyl halides is 1. The summed E-state index contributed by atoms with van der Waals surface area (Å²) in [7, 11) is 0. The minimum Gasteiger partial charge on any atom is -0.372 e. The third-order valence-electron chi connectivity index (χ3n) is 3.64. The van der Waals surface area contributed by atoms with Gasteiger partial charge in [0, 0.05) is 24.0 Å². The molecule has 2 heterocycles. The van der Waals surface area contributed by atoms with E-state index < -0.39 is 0 Å². The SMILES string of the molecule is C[C@@H]1CN(c2nc3ccccc3cc2CCl)C[C@H](C)O1. The molecule has 1 aliphatic heterocycles. The number of morpholine rings is 1. The number of fused-ring (bicyclic) bond motifs is 1. The average molecular weight is 291 g/mol. The predicted molar refractivity (Wildman–Crippen MR) is 83.5 cm³/mol. The maximum Gasteiger partial charge on any atom is 0.133 e. The number of rotatable bonds is 2. The molecule has 0 radical (unpaired) electrons. The Morgan fingerprint density at radius 2 is 1.95 bits per heavy atom. The van der Waals surface area contributed by atoms with Crippen LogP contribution in [0.3, 0.4) is 0 Å². The molecule has 0 bridgehead atoms. The van der Waals surface area contributed by atoms with Gasteiger partial charge in [-0.25, -0.2) is 4.98 Å². The van der Waals surface area contributed by atoms with Crippen LogP contribution in [0.4, 0.5) is 5.82 Å². The summed E-state index contributed by atoms with van der Waals surface area (Å²) in [6.07, 6.45) is 0.436. The van der Waals surface area contributed by atoms with Crippen molar-refractivity contribution in [2.24, 2.45) is 0 Å². The summed E-state index contributed by atoms with van der Waals surface area (Å²) >= 11 is 6.13. The standard InChI is InChI=1S/C16H19ClN2O/c1-11-9-19(10-12(2)20-11)16-14(8-17)7-13-5-3-4-6-15(13)18-16/h3-7,11-12H,8-10H2,1-2H3/t11-,12+. The number of nitrogens with zero attached hydrogens (tertiary/aromatic N) is 2. The molecule has 0 aliphatic carbocycles. The van der Waals surface area contributed by atoms with Crippen molar-refractivity contribution in [2.45, 2.75) is 31.9 Å². The largest absolute Gasteiger partial charge is 0.372 e. The average Bonchev–Trinajstić information content (AvgIpc) is 2.44. The van der Waals surface area contributed by atoms with Gasteiger partial charge in [-0.15, -0.1) is 11.6 Å². The highest BCUT2D eigenvalue weighted by molar-refractivity contribution is 6.17. The van der Waals surface area contributed by atoms with E-state index in [1.807, 2.05) is 18.2 Å². The van der Waals surface area contributed by atoms with E-state index in [0.717, 1.165) is 35.4 Å². The number of ether oxygens (including phenoxy) is 1. The number of pyridine rings is 1. The Morgan fingerprint density at radius 3 is 2.65 bits per heavy atom. The van der Waals surface area contributed by atoms with Crippen LogP contribution in [0.1, 0.15) is 19.4 Å². The van der Waals surface area contributed by atoms with Gasteiger partial charge < -0.3 is 9.64 Å². The zero-order chi connectivity index (χ0) is 14.1. The fourth-order valence-electron chi connectivity index (χ4n) is 2.87. The minimum atomic E-state index is 0.218. The second kappa shape index (κ2) is 5.58. The van der Waals surface area contributed by atoms with E-state index in [2.05, 4.69) is 30.9 Å². The van der Waals surface area contributed by atoms with Crippen molar-refractivity contribution in [2.75, 3.05) is 18.0 Å². The van der Waals surface area contributed by atoms with Crippen LogP contribution in [0.5, 0.6) is 0 Å². The molecule has 2 aromatic rings. The smallest absolute Gasteiger partial charge is 0.133 e. The topological polar surface area (TPSA) is 25.4 Å². The summed E-state index contributed by atoms with van der Waals surface area (Å²) < 4.78 is 5.80. The third-order valence-corrected chi connectivity index (χ3v) is 3.93. The number of hydrogen-bond acceptors (Lipinski definition) is 3. The lowest BCUT2D eigenvalue weighted by molar-refractivity contribution is -0.00547. The molecule has 20 heavy (non-hydrogen) atoms. The highest BCUT2D eigenvalue weighted by Crippen LogP contribution is 2.27. The van der Waals surface area contributed by atoms with Gasteiger partial charge in [0.15, 0.2) is 0 Å². The number of para-hydroxylation sites is 1. The second-order valence-corrected chi connectivity index (χ2v) is 5.73. The molecule has 1 aliphatic rings. The molecule has 106 valence electrons. The number of halogens is 1. The van der Waals surface area contributed by atoms with E-state index in [4.69, 9.17) is 21.3 Å². The van der Waals surface area contributed by atoms with Gasteiger partial charge in [0.25, 0.3) is 0 Å². The number of benzene rings is 1. The molecule has 1 saturated heterocycles. The lowest BCUT2D eigenvalue weighted by atomic mass is 10.1. The lowest BCUT2D eigenvalue weighted by Gasteiger charge is -2.37. The van der Waals surface area contributed by atoms with E-state index in [9.17, 15) is 0 Å². The van der Waals surface area contributed by atoms with Gasteiger partial charge in [0.05, 0.1) is 23.6 Å². The fourth-order valence-corrected chi connectivity index (χ4v) is 3.07. The van der Waals surface area contributed by atoms with Crippen LogP contribution in [0, 0.1) is 0 Å². The van der Waals surface area contributed by atoms with Crippen LogP contribution >= 0.6 is 11.6 Å². The highest BCUT2D eigenvalue weighted by Gasteiger charge is 2.25. The monoisotopic (exact) mass is 290 g/mol. The molecule has 2 atom stereocenters. The fraction of sp³-hybridized carbons (Fsp3) is 0.438. The molecule has 0 spiro atoms. The van der Waals surface area contributed by atoms with Gasteiger partial charge in [-0.05, 0) is 26.0 Å². The van der Waals surface area contributed by atoms with Crippen molar-refractivity contribution < 1.29 is 4.74 Å². The van der Waals surface area contributed by atoms with Crippen molar-refractivity contribution >= 4 is 28.3 Å². The molecular weight excluding hydrogens is 272 g/mol. The Hall–Kier alpha value is -1.32. The first-order chi connectivity index (χ1) is 9.67. The van der Waals surface area contributed by atoms with Crippen molar-refractivity contribution in [3.8, 4) is 0 Å². The number of hydrogen-bond donors (Lipinski definition) is 0. The molecule has 0 amide bonds. The van der Waals surface area contributed by atoms with E-state index >= 15 is 0 Å². The Kier molecular flexibility index (Phi) is 3.81. The molecule has 4 heteroatoms. The van der Waals surface area contributed by atoms with Gasteiger partial charge in [-0.2, -0.15) is 0 Å². The van der Waals surface area contributed by atoms with E-state index in [1.54, 1.807) is 0 Å². The minimum absolute atomic E-state index is 0.218. The van der Waals surface area contributed by atoms with Crippen LogP contribution < -0.4 is 4.90 Å². The quantitative estimate of drug-likeness (QED) is 0.791. The lowest BCUT2D eigenvalue weighted by Crippen LogP contribution is -2.46. The van der Waals surface area contributed by atoms with Crippen molar-refractivity contribution in [1.82, 2.24) is 4.98 Å². The first-order valence-corrected chi connectivity index (χ1v) is 7.56. The summed E-state index contributed by atoms with van der Waals surface area (Å²) in [5.74, 6) is 1.48. The molecule has 0 saturated carbocycles. The third kappa shape index (κ3) is 2.60. The Labute approximate surface area is 124 Å². The van der Waals surface area contributed by atoms with Crippen LogP contribution in [0.2, 0.25) is 0 Å². The normalized spacial score (nSPS) is 23.2. The maximum atomic E-state index is 6.13. The van der Waals surface area contributed by atoms with Crippen molar-refractivity contribution in [3.05, 3.63) is 35.9 Å². The van der Waals surface area contributed by atoms with Crippen LogP contribution in [0.15, 0.2) is 30.3 Å². The molecule has 1 aromatic heterocycles. The van der Waals surface area contributed by atoms with Gasteiger partial charge >= 0.3 is 0 Å². The Bertz CT molecular complexity index is 606. The molecule has 0 unspecified atom stereocenters. The number of aromatic nitrogens is 1. The van der Waals surface area contributed by atoms with Crippen LogP contribution in [-0.4, -0.2) is 30.3 Å². The molecule has 3 nitrogen and oxygen atoms in total. The van der Waals surface area contributed by atoms with E-state index in [1.165, 1.54) is 0 Å². The summed E-state index contributed by atoms with van der Waals surface area (Å²) in [6.45, 7) is 5.92. The van der Waals surface area contributed by atoms with Gasteiger partial charge in [-0.1, -0.05) is 18.2 Å². The van der Waals surface area contributed by atoms with Gasteiger partial charge in [0.1, 0.15) is 5.82 Å². The van der Waals surface area contributed by atoms with Crippen molar-refractivity contribution in [3.63, 3.8) is 0 Å². The summed E-state index contributed by atoms with van der Waals surface area (Å²) in [4.78, 5) is 7.12. The maximum absolute atomic E-state index is 6.13. The predicted octanol–water partition coefficient (Wildman–Crippen LogP) is 3.59.